The van der Waals surface area contributed by atoms with Crippen molar-refractivity contribution in [3.63, 3.8) is 0 Å². The van der Waals surface area contributed by atoms with Crippen molar-refractivity contribution < 1.29 is 11.1 Å². The topological polar surface area (TPSA) is 0 Å². The summed E-state index contributed by atoms with van der Waals surface area (Å²) in [6, 6.07) is 0. The summed E-state index contributed by atoms with van der Waals surface area (Å²) in [6.07, 6.45) is 0. The quantitative estimate of drug-likeness (QED) is 0.257. The summed E-state index contributed by atoms with van der Waals surface area (Å²) in [4.78, 5) is 0. The smallest absolute Gasteiger partial charge is 0.124 e. The largest absolute Gasteiger partial charge is 0.498 e. The van der Waals surface area contributed by atoms with Crippen LogP contribution in [0.5, 0.6) is 0 Å². The minimum absolute atomic E-state index is 0.489. The summed E-state index contributed by atoms with van der Waals surface area (Å²) in [5.41, 5.74) is 0.634. The molecule has 24 valence electrons. The molecule has 0 amide bonds. The molecule has 0 saturated heterocycles. The zero-order valence-corrected chi connectivity index (χ0v) is 4.57. The first-order chi connectivity index (χ1) is 1.91. The third-order valence-electron chi connectivity index (χ3n) is 0.0546. The second-order valence-corrected chi connectivity index (χ2v) is 2.50. The molecule has 0 rings (SSSR count). The van der Waals surface area contributed by atoms with Gasteiger partial charge in [0.15, 0.2) is 0 Å². The molecule has 0 spiro atoms. The molecule has 0 heterocycles. The Bertz CT molecular complexity index is 8.00. The van der Waals surface area contributed by atoms with Crippen LogP contribution in [-0.4, -0.2) is 14.3 Å². The van der Waals surface area contributed by atoms with E-state index in [1.54, 1.807) is 0 Å². The van der Waals surface area contributed by atoms with Gasteiger partial charge in [0.2, 0.25) is 0 Å². The fraction of sp³-hybridized carbons (Fsp3) is 1.00. The average molecular weight is 114 g/mol. The van der Waals surface area contributed by atoms with Crippen LogP contribution in [0.3, 0.4) is 0 Å². The summed E-state index contributed by atoms with van der Waals surface area (Å²) >= 11 is 9.54. The van der Waals surface area contributed by atoms with Crippen molar-refractivity contribution in [1.29, 1.82) is 0 Å². The summed E-state index contributed by atoms with van der Waals surface area (Å²) in [5.74, 6) is 0. The predicted octanol–water partition coefficient (Wildman–Crippen LogP) is 0.0835. The van der Waals surface area contributed by atoms with Gasteiger partial charge in [-0.3, -0.25) is 0 Å². The van der Waals surface area contributed by atoms with Crippen molar-refractivity contribution in [3.8, 4) is 0 Å². The van der Waals surface area contributed by atoms with Gasteiger partial charge in [0.05, 0.1) is 5.50 Å². The molecule has 0 N–H and O–H groups in total. The van der Waals surface area contributed by atoms with E-state index in [2.05, 4.69) is 11.1 Å². The molecule has 0 aliphatic heterocycles. The van der Waals surface area contributed by atoms with Crippen LogP contribution in [0.15, 0.2) is 0 Å². The zero-order chi connectivity index (χ0) is 3.41. The Morgan fingerprint density at radius 2 is 2.25 bits per heavy atom. The van der Waals surface area contributed by atoms with E-state index in [0.29, 0.717) is 14.3 Å². The molecule has 0 aliphatic rings. The Hall–Kier alpha value is 0.797. The molecule has 3 heteroatoms. The Labute approximate surface area is 37.6 Å². The Balaban J connectivity index is 1.97. The number of hydrogen-bond donors (Lipinski definition) is 0. The second-order valence-electron chi connectivity index (χ2n) is 0.278. The van der Waals surface area contributed by atoms with E-state index in [0.717, 1.165) is 0 Å². The average Bonchev–Trinajstić information content (AvgIpc) is 1.37. The standard InChI is InChI=1S/CH3Cl2Si/c2-1-4-3/h3H,1H2/q+1. The molecule has 0 bridgehead atoms. The van der Waals surface area contributed by atoms with Gasteiger partial charge >= 0.3 is 8.83 Å². The molecule has 0 saturated carbocycles. The highest BCUT2D eigenvalue weighted by Gasteiger charge is 1.84. The number of alkyl halides is 1. The number of hydrogen-bond acceptors (Lipinski definition) is 0. The lowest BCUT2D eigenvalue weighted by Crippen LogP contribution is -1.79. The first kappa shape index (κ1) is 4.80. The predicted molar refractivity (Wildman–Crippen MR) is 17.9 cm³/mol. The maximum Gasteiger partial charge on any atom is 0.498 e. The molecule has 0 aromatic carbocycles. The van der Waals surface area contributed by atoms with Crippen molar-refractivity contribution in [2.24, 2.45) is 0 Å². The monoisotopic (exact) mass is 113 g/mol. The molecule has 0 aromatic rings. The lowest BCUT2D eigenvalue weighted by molar-refractivity contribution is -0.179. The molecule has 2 radical (unpaired) electrons. The van der Waals surface area contributed by atoms with Crippen molar-refractivity contribution >= 4 is 20.4 Å². The van der Waals surface area contributed by atoms with Gasteiger partial charge < -0.3 is 0 Å². The Kier molecular flexibility index (Phi) is 4.55. The maximum atomic E-state index is 5.09. The van der Waals surface area contributed by atoms with Crippen molar-refractivity contribution in [3.05, 3.63) is 0 Å². The van der Waals surface area contributed by atoms with Crippen LogP contribution in [-0.2, 0) is 0 Å². The van der Waals surface area contributed by atoms with Crippen LogP contribution < -0.4 is 0 Å². The molecular weight excluding hydrogens is 111 g/mol. The molecule has 0 aliphatic carbocycles. The molecule has 0 nitrogen and oxygen atoms in total. The summed E-state index contributed by atoms with van der Waals surface area (Å²) in [6.45, 7) is 0. The van der Waals surface area contributed by atoms with E-state index in [-0.39, 0.29) is 0 Å². The lowest BCUT2D eigenvalue weighted by atomic mass is 11.9. The minimum atomic E-state index is 0.489. The van der Waals surface area contributed by atoms with Crippen molar-refractivity contribution in [2.75, 3.05) is 5.50 Å². The normalized spacial score (nSPS) is 7.50. The van der Waals surface area contributed by atoms with Gasteiger partial charge in [-0.1, -0.05) is 0 Å². The summed E-state index contributed by atoms with van der Waals surface area (Å²) in [5, 5.41) is 0. The zero-order valence-electron chi connectivity index (χ0n) is 1.99. The van der Waals surface area contributed by atoms with Gasteiger partial charge in [0, 0.05) is 11.1 Å². The van der Waals surface area contributed by atoms with E-state index in [1.165, 1.54) is 0 Å². The highest BCUT2D eigenvalue weighted by atomic mass is 35.6. The summed E-state index contributed by atoms with van der Waals surface area (Å²) < 4.78 is 0. The second kappa shape index (κ2) is 3.80. The van der Waals surface area contributed by atoms with Crippen LogP contribution in [0.1, 0.15) is 0 Å². The molecule has 0 fully saturated rings. The van der Waals surface area contributed by atoms with Gasteiger partial charge in [-0.2, -0.15) is 0 Å². The third-order valence-corrected chi connectivity index (χ3v) is 1.47. The SMILES string of the molecule is ClC[Si][ClH+]. The fourth-order valence-corrected chi connectivity index (χ4v) is 0. The Morgan fingerprint density at radius 3 is 2.25 bits per heavy atom. The molecule has 4 heavy (non-hydrogen) atoms. The van der Waals surface area contributed by atoms with Crippen LogP contribution in [0.2, 0.25) is 0 Å². The highest BCUT2D eigenvalue weighted by molar-refractivity contribution is 6.43. The van der Waals surface area contributed by atoms with Gasteiger partial charge in [-0.15, -0.1) is 11.6 Å². The van der Waals surface area contributed by atoms with E-state index in [4.69, 9.17) is 11.6 Å². The first-order valence-corrected chi connectivity index (χ1v) is 3.70. The van der Waals surface area contributed by atoms with Gasteiger partial charge in [-0.05, 0) is 0 Å². The number of halogens is 2. The molecular formula is CH3Cl2Si+. The first-order valence-electron chi connectivity index (χ1n) is 0.825. The third kappa shape index (κ3) is 2.80. The fourth-order valence-electron chi connectivity index (χ4n) is 0. The van der Waals surface area contributed by atoms with Crippen molar-refractivity contribution in [2.45, 2.75) is 0 Å². The molecule has 0 unspecified atom stereocenters. The maximum absolute atomic E-state index is 5.09. The van der Waals surface area contributed by atoms with E-state index >= 15 is 0 Å². The van der Waals surface area contributed by atoms with Crippen LogP contribution in [0, 0.1) is 11.1 Å². The Morgan fingerprint density at radius 1 is 2.00 bits per heavy atom. The van der Waals surface area contributed by atoms with E-state index in [1.807, 2.05) is 0 Å². The van der Waals surface area contributed by atoms with E-state index < -0.39 is 0 Å². The van der Waals surface area contributed by atoms with Crippen LogP contribution in [0.4, 0.5) is 0 Å². The summed E-state index contributed by atoms with van der Waals surface area (Å²) in [7, 11) is 0.489. The van der Waals surface area contributed by atoms with Crippen LogP contribution in [0.25, 0.3) is 0 Å². The minimum Gasteiger partial charge on any atom is -0.124 e. The van der Waals surface area contributed by atoms with Gasteiger partial charge in [0.25, 0.3) is 0 Å². The van der Waals surface area contributed by atoms with Gasteiger partial charge in [0.1, 0.15) is 0 Å². The lowest BCUT2D eigenvalue weighted by Gasteiger charge is -1.46. The van der Waals surface area contributed by atoms with Crippen LogP contribution >= 0.6 is 11.6 Å². The van der Waals surface area contributed by atoms with Gasteiger partial charge in [-0.25, -0.2) is 0 Å². The number of rotatable bonds is 1. The molecule has 0 atom stereocenters. The van der Waals surface area contributed by atoms with E-state index in [9.17, 15) is 0 Å². The highest BCUT2D eigenvalue weighted by Crippen LogP contribution is 1.61. The molecule has 0 aromatic heterocycles. The van der Waals surface area contributed by atoms with Crippen molar-refractivity contribution in [1.82, 2.24) is 0 Å².